The Morgan fingerprint density at radius 1 is 1.14 bits per heavy atom. The van der Waals surface area contributed by atoms with Gasteiger partial charge in [0, 0.05) is 30.7 Å². The molecule has 10 heteroatoms. The van der Waals surface area contributed by atoms with Crippen molar-refractivity contribution in [2.45, 2.75) is 56.7 Å². The van der Waals surface area contributed by atoms with Crippen LogP contribution in [0.1, 0.15) is 37.7 Å². The summed E-state index contributed by atoms with van der Waals surface area (Å²) in [5.41, 5.74) is 6.28. The van der Waals surface area contributed by atoms with Crippen molar-refractivity contribution in [3.63, 3.8) is 0 Å². The number of halogens is 4. The standard InChI is InChI=1S/C19H27F4N3O2S/c20-11-29(27,28)25-10-15-2-1-5-26(15)19(12-3-4-12)8-14(24)6-13-7-17(22)18(23)9-16(13)21/h7,9,12,14-15,19,25H,1-6,8,10-11,24H2/t14-,15?,19?/m1/s1. The summed E-state index contributed by atoms with van der Waals surface area (Å²) in [4.78, 5) is 2.22. The molecule has 0 spiro atoms. The van der Waals surface area contributed by atoms with Crippen LogP contribution < -0.4 is 10.5 Å². The highest BCUT2D eigenvalue weighted by molar-refractivity contribution is 7.89. The zero-order chi connectivity index (χ0) is 21.2. The zero-order valence-corrected chi connectivity index (χ0v) is 16.9. The molecule has 2 unspecified atom stereocenters. The van der Waals surface area contributed by atoms with E-state index < -0.39 is 39.5 Å². The van der Waals surface area contributed by atoms with E-state index in [0.717, 1.165) is 38.3 Å². The Morgan fingerprint density at radius 3 is 2.48 bits per heavy atom. The van der Waals surface area contributed by atoms with E-state index >= 15 is 0 Å². The monoisotopic (exact) mass is 437 g/mol. The van der Waals surface area contributed by atoms with Crippen LogP contribution in [0.25, 0.3) is 0 Å². The number of sulfonamides is 1. The molecule has 1 aliphatic heterocycles. The number of nitrogens with two attached hydrogens (primary N) is 1. The Bertz CT molecular complexity index is 820. The normalized spacial score (nSPS) is 22.7. The maximum absolute atomic E-state index is 13.9. The van der Waals surface area contributed by atoms with Gasteiger partial charge in [0.25, 0.3) is 0 Å². The fraction of sp³-hybridized carbons (Fsp3) is 0.684. The molecule has 5 nitrogen and oxygen atoms in total. The number of hydrogen-bond acceptors (Lipinski definition) is 4. The molecule has 1 aromatic rings. The Balaban J connectivity index is 1.64. The Morgan fingerprint density at radius 2 is 1.83 bits per heavy atom. The van der Waals surface area contributed by atoms with Crippen LogP contribution in [0.4, 0.5) is 17.6 Å². The zero-order valence-electron chi connectivity index (χ0n) is 16.1. The van der Waals surface area contributed by atoms with Crippen molar-refractivity contribution in [2.24, 2.45) is 11.7 Å². The summed E-state index contributed by atoms with van der Waals surface area (Å²) in [6.07, 6.45) is 4.39. The first-order chi connectivity index (χ1) is 13.7. The predicted octanol–water partition coefficient (Wildman–Crippen LogP) is 2.45. The lowest BCUT2D eigenvalue weighted by molar-refractivity contribution is 0.145. The molecule has 1 aromatic carbocycles. The molecule has 1 aliphatic carbocycles. The number of nitrogens with zero attached hydrogens (tertiary/aromatic N) is 1. The van der Waals surface area contributed by atoms with E-state index in [4.69, 9.17) is 5.73 Å². The second-order valence-corrected chi connectivity index (χ2v) is 9.80. The van der Waals surface area contributed by atoms with Gasteiger partial charge in [-0.3, -0.25) is 4.90 Å². The molecule has 3 rings (SSSR count). The first-order valence-corrected chi connectivity index (χ1v) is 11.5. The van der Waals surface area contributed by atoms with E-state index in [-0.39, 0.29) is 30.6 Å². The largest absolute Gasteiger partial charge is 0.327 e. The third-order valence-corrected chi connectivity index (χ3v) is 6.71. The SMILES string of the molecule is N[C@H](Cc1cc(F)c(F)cc1F)CC(C1CC1)N1CCCC1CNS(=O)(=O)CF. The van der Waals surface area contributed by atoms with E-state index in [1.807, 2.05) is 0 Å². The van der Waals surface area contributed by atoms with Gasteiger partial charge >= 0.3 is 0 Å². The van der Waals surface area contributed by atoms with Crippen molar-refractivity contribution in [3.05, 3.63) is 35.1 Å². The summed E-state index contributed by atoms with van der Waals surface area (Å²) in [5.74, 6) is -2.73. The molecule has 164 valence electrons. The molecular weight excluding hydrogens is 410 g/mol. The minimum atomic E-state index is -3.91. The summed E-state index contributed by atoms with van der Waals surface area (Å²) in [6.45, 7) is 0.929. The molecule has 0 radical (unpaired) electrons. The van der Waals surface area contributed by atoms with Crippen molar-refractivity contribution in [2.75, 3.05) is 19.1 Å². The van der Waals surface area contributed by atoms with Crippen molar-refractivity contribution < 1.29 is 26.0 Å². The third-order valence-electron chi connectivity index (χ3n) is 5.81. The van der Waals surface area contributed by atoms with Gasteiger partial charge in [0.15, 0.2) is 11.6 Å². The molecule has 3 atom stereocenters. The van der Waals surface area contributed by atoms with Crippen LogP contribution in [0, 0.1) is 23.4 Å². The van der Waals surface area contributed by atoms with Gasteiger partial charge in [0.1, 0.15) is 5.82 Å². The van der Waals surface area contributed by atoms with E-state index in [1.165, 1.54) is 0 Å². The number of likely N-dealkylation sites (tertiary alicyclic amines) is 1. The highest BCUT2D eigenvalue weighted by atomic mass is 32.2. The number of benzene rings is 1. The molecule has 29 heavy (non-hydrogen) atoms. The van der Waals surface area contributed by atoms with Gasteiger partial charge < -0.3 is 5.73 Å². The summed E-state index contributed by atoms with van der Waals surface area (Å²) in [5, 5.41) is 0. The summed E-state index contributed by atoms with van der Waals surface area (Å²) in [7, 11) is -3.91. The van der Waals surface area contributed by atoms with E-state index in [2.05, 4.69) is 9.62 Å². The number of hydrogen-bond donors (Lipinski definition) is 2. The van der Waals surface area contributed by atoms with Crippen LogP contribution in [0.3, 0.4) is 0 Å². The van der Waals surface area contributed by atoms with Gasteiger partial charge in [-0.05, 0) is 62.6 Å². The van der Waals surface area contributed by atoms with Crippen molar-refractivity contribution in [3.8, 4) is 0 Å². The fourth-order valence-corrected chi connectivity index (χ4v) is 4.77. The number of rotatable bonds is 10. The molecule has 0 aromatic heterocycles. The van der Waals surface area contributed by atoms with Gasteiger partial charge in [-0.2, -0.15) is 0 Å². The number of alkyl halides is 1. The van der Waals surface area contributed by atoms with Crippen molar-refractivity contribution in [1.29, 1.82) is 0 Å². The molecule has 3 N–H and O–H groups in total. The molecule has 0 amide bonds. The van der Waals surface area contributed by atoms with Gasteiger partial charge in [0.05, 0.1) is 0 Å². The molecule has 1 saturated carbocycles. The highest BCUT2D eigenvalue weighted by Crippen LogP contribution is 2.40. The lowest BCUT2D eigenvalue weighted by Gasteiger charge is -2.35. The molecule has 1 saturated heterocycles. The van der Waals surface area contributed by atoms with Crippen LogP contribution >= 0.6 is 0 Å². The fourth-order valence-electron chi connectivity index (χ4n) is 4.25. The maximum Gasteiger partial charge on any atom is 0.241 e. The first-order valence-electron chi connectivity index (χ1n) is 9.88. The smallest absolute Gasteiger partial charge is 0.241 e. The van der Waals surface area contributed by atoms with Crippen LogP contribution in [0.2, 0.25) is 0 Å². The second-order valence-electron chi connectivity index (χ2n) is 8.07. The molecule has 1 heterocycles. The average molecular weight is 438 g/mol. The number of nitrogens with one attached hydrogen (secondary N) is 1. The minimum Gasteiger partial charge on any atom is -0.327 e. The molecule has 2 aliphatic rings. The van der Waals surface area contributed by atoms with Gasteiger partial charge in [-0.15, -0.1) is 0 Å². The molecule has 2 fully saturated rings. The Hall–Kier alpha value is -1.23. The lowest BCUT2D eigenvalue weighted by atomic mass is 9.95. The average Bonchev–Trinajstić information content (AvgIpc) is 3.40. The molecular formula is C19H27F4N3O2S. The van der Waals surface area contributed by atoms with Crippen LogP contribution in [-0.2, 0) is 16.4 Å². The highest BCUT2D eigenvalue weighted by Gasteiger charge is 2.40. The van der Waals surface area contributed by atoms with Gasteiger partial charge in [0.2, 0.25) is 16.0 Å². The van der Waals surface area contributed by atoms with Crippen LogP contribution in [0.15, 0.2) is 12.1 Å². The Kier molecular flexibility index (Phi) is 7.19. The summed E-state index contributed by atoms with van der Waals surface area (Å²) < 4.78 is 78.2. The van der Waals surface area contributed by atoms with E-state index in [1.54, 1.807) is 0 Å². The second kappa shape index (κ2) is 9.28. The van der Waals surface area contributed by atoms with Crippen molar-refractivity contribution in [1.82, 2.24) is 9.62 Å². The topological polar surface area (TPSA) is 75.4 Å². The van der Waals surface area contributed by atoms with Gasteiger partial charge in [-0.1, -0.05) is 0 Å². The summed E-state index contributed by atoms with van der Waals surface area (Å²) in [6, 6.07) is -0.473. The minimum absolute atomic E-state index is 0.0413. The third kappa shape index (κ3) is 5.90. The van der Waals surface area contributed by atoms with Crippen molar-refractivity contribution >= 4 is 10.0 Å². The summed E-state index contributed by atoms with van der Waals surface area (Å²) >= 11 is 0. The Labute approximate surface area is 168 Å². The van der Waals surface area contributed by atoms with Gasteiger partial charge in [-0.25, -0.2) is 30.7 Å². The van der Waals surface area contributed by atoms with Crippen LogP contribution in [0.5, 0.6) is 0 Å². The quantitative estimate of drug-likeness (QED) is 0.436. The molecule has 0 bridgehead atoms. The predicted molar refractivity (Wildman–Crippen MR) is 102 cm³/mol. The van der Waals surface area contributed by atoms with E-state index in [9.17, 15) is 26.0 Å². The lowest BCUT2D eigenvalue weighted by Crippen LogP contribution is -2.48. The van der Waals surface area contributed by atoms with Crippen LogP contribution in [-0.4, -0.2) is 50.5 Å². The maximum atomic E-state index is 13.9. The van der Waals surface area contributed by atoms with E-state index in [0.29, 0.717) is 18.4 Å². The first kappa shape index (κ1) is 22.5.